The lowest BCUT2D eigenvalue weighted by Crippen LogP contribution is -2.50. The number of hydrogen-bond acceptors (Lipinski definition) is 4. The molecule has 19 heavy (non-hydrogen) atoms. The van der Waals surface area contributed by atoms with E-state index in [0.29, 0.717) is 19.2 Å². The van der Waals surface area contributed by atoms with Gasteiger partial charge in [0.15, 0.2) is 0 Å². The lowest BCUT2D eigenvalue weighted by Gasteiger charge is -2.30. The highest BCUT2D eigenvalue weighted by Gasteiger charge is 2.15. The van der Waals surface area contributed by atoms with Gasteiger partial charge in [0.25, 0.3) is 0 Å². The van der Waals surface area contributed by atoms with Gasteiger partial charge < -0.3 is 14.4 Å². The van der Waals surface area contributed by atoms with Crippen molar-refractivity contribution in [3.8, 4) is 0 Å². The topological polar surface area (TPSA) is 72.1 Å². The molecule has 0 fully saturated rings. The molecule has 0 radical (unpaired) electrons. The van der Waals surface area contributed by atoms with Gasteiger partial charge in [-0.3, -0.25) is 10.4 Å². The number of nitrogens with two attached hydrogens (primary N) is 1. The summed E-state index contributed by atoms with van der Waals surface area (Å²) >= 11 is 0. The second-order valence-corrected chi connectivity index (χ2v) is 4.34. The van der Waals surface area contributed by atoms with E-state index in [1.807, 2.05) is 6.92 Å². The Balaban J connectivity index is 4.40. The summed E-state index contributed by atoms with van der Waals surface area (Å²) in [6.45, 7) is 9.92. The monoisotopic (exact) mass is 274 g/mol. The predicted molar refractivity (Wildman–Crippen MR) is 79.1 cm³/mol. The molecular weight excluding hydrogens is 244 g/mol. The zero-order valence-corrected chi connectivity index (χ0v) is 12.8. The maximum atomic E-state index is 5.58. The molecule has 0 spiro atoms. The van der Waals surface area contributed by atoms with E-state index in [9.17, 15) is 0 Å². The molecule has 0 aliphatic rings. The molecule has 3 N–H and O–H groups in total. The van der Waals surface area contributed by atoms with Crippen LogP contribution in [0.15, 0.2) is 4.99 Å². The lowest BCUT2D eigenvalue weighted by molar-refractivity contribution is 0.146. The first-order valence-corrected chi connectivity index (χ1v) is 7.05. The van der Waals surface area contributed by atoms with E-state index in [4.69, 9.17) is 15.3 Å². The van der Waals surface area contributed by atoms with Crippen molar-refractivity contribution in [2.24, 2.45) is 10.8 Å². The van der Waals surface area contributed by atoms with Crippen molar-refractivity contribution < 1.29 is 9.47 Å². The smallest absolute Gasteiger partial charge is 0.208 e. The number of aliphatic imine (C=N–C) groups is 1. The fourth-order valence-electron chi connectivity index (χ4n) is 1.66. The number of ether oxygens (including phenoxy) is 2. The van der Waals surface area contributed by atoms with Gasteiger partial charge in [-0.05, 0) is 26.7 Å². The zero-order chi connectivity index (χ0) is 14.5. The van der Waals surface area contributed by atoms with Crippen molar-refractivity contribution in [3.63, 3.8) is 0 Å². The van der Waals surface area contributed by atoms with E-state index in [0.717, 1.165) is 38.6 Å². The summed E-state index contributed by atoms with van der Waals surface area (Å²) in [7, 11) is 1.70. The minimum absolute atomic E-state index is 0.372. The zero-order valence-electron chi connectivity index (χ0n) is 12.8. The average molecular weight is 274 g/mol. The molecule has 0 saturated heterocycles. The summed E-state index contributed by atoms with van der Waals surface area (Å²) in [5.41, 5.74) is 2.70. The Bertz CT molecular complexity index is 237. The van der Waals surface area contributed by atoms with Gasteiger partial charge in [-0.1, -0.05) is 6.92 Å². The minimum Gasteiger partial charge on any atom is -0.383 e. The Morgan fingerprint density at radius 1 is 1.37 bits per heavy atom. The number of methoxy groups -OCH3 is 1. The molecule has 114 valence electrons. The molecular formula is C13H30N4O2. The van der Waals surface area contributed by atoms with E-state index in [-0.39, 0.29) is 0 Å². The van der Waals surface area contributed by atoms with Crippen molar-refractivity contribution in [1.82, 2.24) is 10.3 Å². The van der Waals surface area contributed by atoms with Gasteiger partial charge in [0.1, 0.15) is 0 Å². The maximum absolute atomic E-state index is 5.58. The molecule has 0 aliphatic carbocycles. The third-order valence-corrected chi connectivity index (χ3v) is 2.97. The number of hydrazine groups is 1. The summed E-state index contributed by atoms with van der Waals surface area (Å²) in [5.74, 6) is 6.31. The van der Waals surface area contributed by atoms with Crippen LogP contribution in [-0.4, -0.2) is 56.9 Å². The number of hydrogen-bond donors (Lipinski definition) is 2. The van der Waals surface area contributed by atoms with Crippen molar-refractivity contribution in [1.29, 1.82) is 0 Å². The number of rotatable bonds is 10. The molecule has 0 saturated carbocycles. The van der Waals surface area contributed by atoms with E-state index in [1.165, 1.54) is 0 Å². The Labute approximate surface area is 117 Å². The second-order valence-electron chi connectivity index (χ2n) is 4.34. The van der Waals surface area contributed by atoms with Gasteiger partial charge >= 0.3 is 0 Å². The summed E-state index contributed by atoms with van der Waals surface area (Å²) in [4.78, 5) is 6.65. The van der Waals surface area contributed by atoms with E-state index in [1.54, 1.807) is 7.11 Å². The molecule has 1 atom stereocenters. The largest absolute Gasteiger partial charge is 0.383 e. The van der Waals surface area contributed by atoms with Crippen molar-refractivity contribution >= 4 is 5.96 Å². The fraction of sp³-hybridized carbons (Fsp3) is 0.923. The van der Waals surface area contributed by atoms with Crippen molar-refractivity contribution in [2.45, 2.75) is 39.7 Å². The third kappa shape index (κ3) is 8.02. The Morgan fingerprint density at radius 2 is 2.11 bits per heavy atom. The van der Waals surface area contributed by atoms with Crippen LogP contribution in [0.4, 0.5) is 0 Å². The first kappa shape index (κ1) is 18.1. The first-order valence-electron chi connectivity index (χ1n) is 7.05. The van der Waals surface area contributed by atoms with Gasteiger partial charge in [-0.2, -0.15) is 0 Å². The fourth-order valence-corrected chi connectivity index (χ4v) is 1.66. The van der Waals surface area contributed by atoms with Gasteiger partial charge in [-0.15, -0.1) is 0 Å². The molecule has 0 aromatic heterocycles. The molecule has 0 rings (SSSR count). The maximum Gasteiger partial charge on any atom is 0.208 e. The summed E-state index contributed by atoms with van der Waals surface area (Å²) in [6, 6.07) is 0.372. The normalized spacial score (nSPS) is 13.4. The van der Waals surface area contributed by atoms with Crippen LogP contribution in [-0.2, 0) is 9.47 Å². The Hall–Kier alpha value is -0.850. The third-order valence-electron chi connectivity index (χ3n) is 2.97. The van der Waals surface area contributed by atoms with E-state index < -0.39 is 0 Å². The molecule has 0 bridgehead atoms. The predicted octanol–water partition coefficient (Wildman–Crippen LogP) is 0.979. The highest BCUT2D eigenvalue weighted by Crippen LogP contribution is 2.04. The molecule has 1 unspecified atom stereocenters. The van der Waals surface area contributed by atoms with Crippen LogP contribution in [0.2, 0.25) is 0 Å². The van der Waals surface area contributed by atoms with Crippen LogP contribution in [0.5, 0.6) is 0 Å². The van der Waals surface area contributed by atoms with Gasteiger partial charge in [-0.25, -0.2) is 5.84 Å². The lowest BCUT2D eigenvalue weighted by atomic mass is 10.2. The summed E-state index contributed by atoms with van der Waals surface area (Å²) in [6.07, 6.45) is 1.93. The molecule has 6 nitrogen and oxygen atoms in total. The van der Waals surface area contributed by atoms with E-state index in [2.05, 4.69) is 29.2 Å². The minimum atomic E-state index is 0.372. The van der Waals surface area contributed by atoms with Crippen molar-refractivity contribution in [3.05, 3.63) is 0 Å². The van der Waals surface area contributed by atoms with Crippen LogP contribution >= 0.6 is 0 Å². The van der Waals surface area contributed by atoms with Crippen LogP contribution in [0.1, 0.15) is 33.6 Å². The molecule has 0 aliphatic heterocycles. The van der Waals surface area contributed by atoms with Crippen LogP contribution in [0, 0.1) is 0 Å². The van der Waals surface area contributed by atoms with Crippen LogP contribution < -0.4 is 11.3 Å². The molecule has 6 heteroatoms. The van der Waals surface area contributed by atoms with Gasteiger partial charge in [0, 0.05) is 39.5 Å². The summed E-state index contributed by atoms with van der Waals surface area (Å²) in [5, 5.41) is 0. The standard InChI is InChI=1S/C13H30N4O2/c1-5-12(3)17(9-11-18-4)13(16-14)15-8-7-10-19-6-2/h12H,5-11,14H2,1-4H3,(H,15,16). The second kappa shape index (κ2) is 12.2. The molecule has 0 aromatic rings. The highest BCUT2D eigenvalue weighted by molar-refractivity contribution is 5.79. The molecule has 0 aromatic carbocycles. The van der Waals surface area contributed by atoms with E-state index >= 15 is 0 Å². The number of guanidine groups is 1. The van der Waals surface area contributed by atoms with Crippen molar-refractivity contribution in [2.75, 3.05) is 40.0 Å². The highest BCUT2D eigenvalue weighted by atomic mass is 16.5. The number of nitrogens with zero attached hydrogens (tertiary/aromatic N) is 2. The Morgan fingerprint density at radius 3 is 2.63 bits per heavy atom. The van der Waals surface area contributed by atoms with Gasteiger partial charge in [0.2, 0.25) is 5.96 Å². The summed E-state index contributed by atoms with van der Waals surface area (Å²) < 4.78 is 10.4. The number of nitrogens with one attached hydrogen (secondary N) is 1. The molecule has 0 amide bonds. The van der Waals surface area contributed by atoms with Crippen LogP contribution in [0.25, 0.3) is 0 Å². The Kier molecular flexibility index (Phi) is 11.7. The molecule has 0 heterocycles. The van der Waals surface area contributed by atoms with Gasteiger partial charge in [0.05, 0.1) is 6.61 Å². The SMILES string of the molecule is CCOCCCN=C(NN)N(CCOC)C(C)CC. The van der Waals surface area contributed by atoms with Crippen LogP contribution in [0.3, 0.4) is 0 Å². The quantitative estimate of drug-likeness (QED) is 0.204. The average Bonchev–Trinajstić information content (AvgIpc) is 2.44. The first-order chi connectivity index (χ1) is 9.21.